The summed E-state index contributed by atoms with van der Waals surface area (Å²) in [5.74, 6) is 1.68. The van der Waals surface area contributed by atoms with Crippen molar-refractivity contribution in [2.45, 2.75) is 30.6 Å². The number of morpholine rings is 1. The van der Waals surface area contributed by atoms with Gasteiger partial charge < -0.3 is 9.64 Å². The van der Waals surface area contributed by atoms with Crippen LogP contribution in [0.5, 0.6) is 0 Å². The molecule has 1 fully saturated rings. The molecule has 0 saturated carbocycles. The number of hydrogen-bond donors (Lipinski definition) is 0. The molecule has 0 amide bonds. The minimum atomic E-state index is -4.39. The van der Waals surface area contributed by atoms with E-state index < -0.39 is 11.7 Å². The van der Waals surface area contributed by atoms with Crippen LogP contribution >= 0.6 is 11.8 Å². The highest BCUT2D eigenvalue weighted by Gasteiger charge is 2.30. The highest BCUT2D eigenvalue weighted by atomic mass is 32.2. The summed E-state index contributed by atoms with van der Waals surface area (Å²) in [5.41, 5.74) is -0.267. The molecule has 2 aromatic heterocycles. The molecule has 0 unspecified atom stereocenters. The SMILES string of the molecule is CCn1c(SCc2nnnn2-c2ccc(C(F)(F)F)cc2)nnc1N1CCOCC1. The Morgan fingerprint density at radius 3 is 2.47 bits per heavy atom. The largest absolute Gasteiger partial charge is 0.416 e. The van der Waals surface area contributed by atoms with E-state index >= 15 is 0 Å². The number of anilines is 1. The zero-order valence-corrected chi connectivity index (χ0v) is 16.9. The van der Waals surface area contributed by atoms with E-state index in [1.807, 2.05) is 11.5 Å². The van der Waals surface area contributed by atoms with Crippen LogP contribution < -0.4 is 4.90 Å². The summed E-state index contributed by atoms with van der Waals surface area (Å²) in [5, 5.41) is 20.9. The van der Waals surface area contributed by atoms with Crippen LogP contribution in [0.15, 0.2) is 29.4 Å². The van der Waals surface area contributed by atoms with Gasteiger partial charge in [0.2, 0.25) is 5.95 Å². The van der Waals surface area contributed by atoms with Crippen LogP contribution in [-0.4, -0.2) is 61.3 Å². The second-order valence-corrected chi connectivity index (χ2v) is 7.41. The maximum atomic E-state index is 12.8. The number of nitrogens with zero attached hydrogens (tertiary/aromatic N) is 8. The number of aromatic nitrogens is 7. The van der Waals surface area contributed by atoms with E-state index in [9.17, 15) is 13.2 Å². The highest BCUT2D eigenvalue weighted by molar-refractivity contribution is 7.98. The zero-order valence-electron chi connectivity index (χ0n) is 16.1. The molecule has 0 radical (unpaired) electrons. The quantitative estimate of drug-likeness (QED) is 0.540. The lowest BCUT2D eigenvalue weighted by atomic mass is 10.2. The minimum absolute atomic E-state index is 0.384. The Morgan fingerprint density at radius 2 is 1.80 bits per heavy atom. The molecule has 0 bridgehead atoms. The third kappa shape index (κ3) is 4.26. The van der Waals surface area contributed by atoms with Crippen LogP contribution in [-0.2, 0) is 23.2 Å². The monoisotopic (exact) mass is 440 g/mol. The Bertz CT molecular complexity index is 982. The first kappa shape index (κ1) is 20.6. The topological polar surface area (TPSA) is 86.8 Å². The molecule has 3 heterocycles. The number of halogens is 3. The molecule has 9 nitrogen and oxygen atoms in total. The molecule has 30 heavy (non-hydrogen) atoms. The molecule has 0 aliphatic carbocycles. The lowest BCUT2D eigenvalue weighted by Crippen LogP contribution is -2.38. The second-order valence-electron chi connectivity index (χ2n) is 6.47. The number of hydrogen-bond acceptors (Lipinski definition) is 8. The molecule has 1 aliphatic rings. The van der Waals surface area contributed by atoms with Gasteiger partial charge in [-0.05, 0) is 41.6 Å². The molecule has 160 valence electrons. The number of alkyl halides is 3. The molecular formula is C17H19F3N8OS. The molecule has 0 spiro atoms. The standard InChI is InChI=1S/C17H19F3N8OS/c1-2-27-15(26-7-9-29-10-8-26)22-23-16(27)30-11-14-21-24-25-28(14)13-5-3-12(4-6-13)17(18,19)20/h3-6H,2,7-11H2,1H3. The molecule has 0 atom stereocenters. The molecular weight excluding hydrogens is 421 g/mol. The Balaban J connectivity index is 1.49. The van der Waals surface area contributed by atoms with Crippen LogP contribution in [0.2, 0.25) is 0 Å². The van der Waals surface area contributed by atoms with E-state index in [4.69, 9.17) is 4.74 Å². The van der Waals surface area contributed by atoms with Gasteiger partial charge in [0.25, 0.3) is 0 Å². The number of ether oxygens (including phenoxy) is 1. The van der Waals surface area contributed by atoms with Crippen molar-refractivity contribution in [3.63, 3.8) is 0 Å². The van der Waals surface area contributed by atoms with Crippen molar-refractivity contribution in [3.8, 4) is 5.69 Å². The first-order valence-corrected chi connectivity index (χ1v) is 10.3. The van der Waals surface area contributed by atoms with Crippen molar-refractivity contribution in [1.29, 1.82) is 0 Å². The fraction of sp³-hybridized carbons (Fsp3) is 0.471. The highest BCUT2D eigenvalue weighted by Crippen LogP contribution is 2.30. The summed E-state index contributed by atoms with van der Waals surface area (Å²) in [6, 6.07) is 4.71. The predicted molar refractivity (Wildman–Crippen MR) is 102 cm³/mol. The Labute approximate surface area is 174 Å². The summed E-state index contributed by atoms with van der Waals surface area (Å²) >= 11 is 1.42. The van der Waals surface area contributed by atoms with Gasteiger partial charge in [0.05, 0.1) is 30.2 Å². The van der Waals surface area contributed by atoms with E-state index in [1.54, 1.807) is 0 Å². The van der Waals surface area contributed by atoms with Crippen molar-refractivity contribution in [2.24, 2.45) is 0 Å². The molecule has 4 rings (SSSR count). The third-order valence-electron chi connectivity index (χ3n) is 4.61. The number of tetrazole rings is 1. The number of benzene rings is 1. The van der Waals surface area contributed by atoms with Gasteiger partial charge in [-0.1, -0.05) is 11.8 Å². The Morgan fingerprint density at radius 1 is 1.07 bits per heavy atom. The van der Waals surface area contributed by atoms with Gasteiger partial charge >= 0.3 is 6.18 Å². The molecule has 1 aromatic carbocycles. The average Bonchev–Trinajstić information content (AvgIpc) is 3.39. The maximum Gasteiger partial charge on any atom is 0.416 e. The van der Waals surface area contributed by atoms with Crippen molar-refractivity contribution >= 4 is 17.7 Å². The van der Waals surface area contributed by atoms with Crippen molar-refractivity contribution < 1.29 is 17.9 Å². The van der Waals surface area contributed by atoms with Gasteiger partial charge in [0.1, 0.15) is 0 Å². The van der Waals surface area contributed by atoms with Crippen molar-refractivity contribution in [1.82, 2.24) is 35.0 Å². The van der Waals surface area contributed by atoms with Gasteiger partial charge in [-0.15, -0.1) is 15.3 Å². The Kier molecular flexibility index (Phi) is 5.90. The summed E-state index contributed by atoms with van der Waals surface area (Å²) in [6.07, 6.45) is -4.39. The summed E-state index contributed by atoms with van der Waals surface area (Å²) in [7, 11) is 0. The van der Waals surface area contributed by atoms with Crippen LogP contribution in [0, 0.1) is 0 Å². The maximum absolute atomic E-state index is 12.8. The normalized spacial score (nSPS) is 15.0. The van der Waals surface area contributed by atoms with Gasteiger partial charge in [0.15, 0.2) is 11.0 Å². The first-order valence-electron chi connectivity index (χ1n) is 9.31. The van der Waals surface area contributed by atoms with Gasteiger partial charge in [-0.3, -0.25) is 4.57 Å². The van der Waals surface area contributed by atoms with E-state index in [0.717, 1.165) is 36.3 Å². The fourth-order valence-corrected chi connectivity index (χ4v) is 3.98. The van der Waals surface area contributed by atoms with Gasteiger partial charge in [-0.25, -0.2) is 0 Å². The van der Waals surface area contributed by atoms with E-state index in [-0.39, 0.29) is 0 Å². The smallest absolute Gasteiger partial charge is 0.378 e. The molecule has 1 saturated heterocycles. The first-order chi connectivity index (χ1) is 14.5. The van der Waals surface area contributed by atoms with Crippen LogP contribution in [0.4, 0.5) is 19.1 Å². The molecule has 0 N–H and O–H groups in total. The van der Waals surface area contributed by atoms with E-state index in [2.05, 4.69) is 30.6 Å². The third-order valence-corrected chi connectivity index (χ3v) is 5.57. The Hall–Kier alpha value is -2.67. The van der Waals surface area contributed by atoms with Gasteiger partial charge in [0, 0.05) is 19.6 Å². The summed E-state index contributed by atoms with van der Waals surface area (Å²) < 4.78 is 47.2. The van der Waals surface area contributed by atoms with Crippen molar-refractivity contribution in [3.05, 3.63) is 35.7 Å². The van der Waals surface area contributed by atoms with Crippen LogP contribution in [0.1, 0.15) is 18.3 Å². The molecule has 13 heteroatoms. The number of rotatable bonds is 6. The zero-order chi connectivity index (χ0) is 21.1. The van der Waals surface area contributed by atoms with E-state index in [1.165, 1.54) is 28.6 Å². The van der Waals surface area contributed by atoms with Crippen molar-refractivity contribution in [2.75, 3.05) is 31.2 Å². The van der Waals surface area contributed by atoms with Crippen LogP contribution in [0.3, 0.4) is 0 Å². The fourth-order valence-electron chi connectivity index (χ4n) is 3.08. The summed E-state index contributed by atoms with van der Waals surface area (Å²) in [6.45, 7) is 5.54. The predicted octanol–water partition coefficient (Wildman–Crippen LogP) is 2.42. The van der Waals surface area contributed by atoms with Crippen LogP contribution in [0.25, 0.3) is 5.69 Å². The lowest BCUT2D eigenvalue weighted by molar-refractivity contribution is -0.137. The van der Waals surface area contributed by atoms with Gasteiger partial charge in [-0.2, -0.15) is 17.9 Å². The molecule has 1 aliphatic heterocycles. The average molecular weight is 440 g/mol. The molecule has 3 aromatic rings. The number of thioether (sulfide) groups is 1. The minimum Gasteiger partial charge on any atom is -0.378 e. The van der Waals surface area contributed by atoms with E-state index in [0.29, 0.717) is 37.0 Å². The summed E-state index contributed by atoms with van der Waals surface area (Å²) in [4.78, 5) is 2.14. The lowest BCUT2D eigenvalue weighted by Gasteiger charge is -2.27. The second kappa shape index (κ2) is 8.60.